The molecule has 0 spiro atoms. The predicted octanol–water partition coefficient (Wildman–Crippen LogP) is 4.21. The monoisotopic (exact) mass is 365 g/mol. The zero-order valence-corrected chi connectivity index (χ0v) is 16.1. The number of hydrogen-bond acceptors (Lipinski definition) is 3. The summed E-state index contributed by atoms with van der Waals surface area (Å²) < 4.78 is 5.14. The fraction of sp³-hybridized carbons (Fsp3) is 0.348. The summed E-state index contributed by atoms with van der Waals surface area (Å²) in [6.45, 7) is 4.65. The van der Waals surface area contributed by atoms with Crippen LogP contribution in [0.3, 0.4) is 0 Å². The largest absolute Gasteiger partial charge is 0.497 e. The van der Waals surface area contributed by atoms with Gasteiger partial charge in [-0.25, -0.2) is 0 Å². The Labute approximate surface area is 161 Å². The third-order valence-corrected chi connectivity index (χ3v) is 5.46. The van der Waals surface area contributed by atoms with Crippen molar-refractivity contribution in [2.45, 2.75) is 25.9 Å². The van der Waals surface area contributed by atoms with Crippen LogP contribution in [0, 0.1) is 11.8 Å². The quantitative estimate of drug-likeness (QED) is 0.863. The first-order valence-electron chi connectivity index (χ1n) is 9.38. The van der Waals surface area contributed by atoms with Crippen molar-refractivity contribution in [1.29, 1.82) is 0 Å². The average molecular weight is 365 g/mol. The minimum atomic E-state index is -0.951. The Morgan fingerprint density at radius 3 is 2.33 bits per heavy atom. The predicted molar refractivity (Wildman–Crippen MR) is 106 cm³/mol. The Morgan fingerprint density at radius 1 is 1.15 bits per heavy atom. The van der Waals surface area contributed by atoms with Gasteiger partial charge in [-0.1, -0.05) is 50.3 Å². The Hall–Kier alpha value is -2.59. The van der Waals surface area contributed by atoms with Gasteiger partial charge in [-0.3, -0.25) is 4.79 Å². The maximum atomic E-state index is 12.7. The van der Waals surface area contributed by atoms with Crippen LogP contribution in [0.25, 0.3) is 0 Å². The fourth-order valence-corrected chi connectivity index (χ4v) is 3.77. The molecule has 1 N–H and O–H groups in total. The van der Waals surface area contributed by atoms with Crippen molar-refractivity contribution in [2.24, 2.45) is 11.8 Å². The summed E-state index contributed by atoms with van der Waals surface area (Å²) in [5.74, 6) is 0.698. The van der Waals surface area contributed by atoms with Crippen molar-refractivity contribution in [3.05, 3.63) is 78.0 Å². The van der Waals surface area contributed by atoms with Gasteiger partial charge in [0.1, 0.15) is 5.75 Å². The number of methoxy groups -OCH3 is 1. The highest BCUT2D eigenvalue weighted by Gasteiger charge is 2.41. The summed E-state index contributed by atoms with van der Waals surface area (Å²) in [7, 11) is 1.60. The third-order valence-electron chi connectivity index (χ3n) is 5.46. The third kappa shape index (κ3) is 3.76. The van der Waals surface area contributed by atoms with Crippen LogP contribution in [0.1, 0.15) is 36.2 Å². The van der Waals surface area contributed by atoms with E-state index >= 15 is 0 Å². The van der Waals surface area contributed by atoms with Gasteiger partial charge in [-0.15, -0.1) is 0 Å². The average Bonchev–Trinajstić information content (AvgIpc) is 2.73. The molecule has 1 aliphatic rings. The molecule has 0 fully saturated rings. The first kappa shape index (κ1) is 19.2. The molecule has 0 saturated carbocycles. The number of aliphatic hydroxyl groups is 1. The molecule has 2 atom stereocenters. The number of rotatable bonds is 5. The zero-order valence-electron chi connectivity index (χ0n) is 16.1. The van der Waals surface area contributed by atoms with E-state index in [0.717, 1.165) is 11.3 Å². The van der Waals surface area contributed by atoms with Crippen LogP contribution >= 0.6 is 0 Å². The second kappa shape index (κ2) is 7.97. The van der Waals surface area contributed by atoms with Crippen molar-refractivity contribution < 1.29 is 14.6 Å². The molecule has 27 heavy (non-hydrogen) atoms. The highest BCUT2D eigenvalue weighted by Crippen LogP contribution is 2.40. The molecule has 1 heterocycles. The lowest BCUT2D eigenvalue weighted by Gasteiger charge is -2.41. The summed E-state index contributed by atoms with van der Waals surface area (Å²) in [5.41, 5.74) is 0.596. The summed E-state index contributed by atoms with van der Waals surface area (Å²) >= 11 is 0. The number of carbonyl (C=O) groups excluding carboxylic acids is 1. The lowest BCUT2D eigenvalue weighted by atomic mass is 9.71. The summed E-state index contributed by atoms with van der Waals surface area (Å²) in [4.78, 5) is 14.4. The zero-order chi connectivity index (χ0) is 19.4. The summed E-state index contributed by atoms with van der Waals surface area (Å²) in [5, 5.41) is 11.5. The van der Waals surface area contributed by atoms with Gasteiger partial charge in [0.25, 0.3) is 5.91 Å². The maximum Gasteiger partial charge on any atom is 0.257 e. The Bertz CT molecular complexity index is 798. The molecule has 3 rings (SSSR count). The molecule has 142 valence electrons. The number of carbonyl (C=O) groups is 1. The number of ether oxygens (including phenoxy) is 1. The summed E-state index contributed by atoms with van der Waals surface area (Å²) in [6, 6.07) is 16.9. The van der Waals surface area contributed by atoms with Gasteiger partial charge in [0.15, 0.2) is 0 Å². The maximum absolute atomic E-state index is 12.7. The Kier molecular flexibility index (Phi) is 5.66. The topological polar surface area (TPSA) is 49.8 Å². The van der Waals surface area contributed by atoms with Crippen LogP contribution in [0.15, 0.2) is 66.9 Å². The number of benzene rings is 2. The van der Waals surface area contributed by atoms with E-state index in [1.54, 1.807) is 36.3 Å². The first-order chi connectivity index (χ1) is 13.0. The van der Waals surface area contributed by atoms with E-state index in [1.807, 2.05) is 56.5 Å². The number of amides is 1. The normalized spacial score (nSPS) is 19.0. The fourth-order valence-electron chi connectivity index (χ4n) is 3.77. The van der Waals surface area contributed by atoms with Crippen molar-refractivity contribution >= 4 is 5.91 Å². The Balaban J connectivity index is 1.79. The Morgan fingerprint density at radius 2 is 1.81 bits per heavy atom. The van der Waals surface area contributed by atoms with Crippen LogP contribution < -0.4 is 4.74 Å². The molecule has 2 aromatic carbocycles. The van der Waals surface area contributed by atoms with Gasteiger partial charge in [-0.05, 0) is 42.2 Å². The molecule has 4 heteroatoms. The molecule has 0 aliphatic carbocycles. The van der Waals surface area contributed by atoms with Gasteiger partial charge >= 0.3 is 0 Å². The van der Waals surface area contributed by atoms with Crippen LogP contribution in [0.2, 0.25) is 0 Å². The minimum absolute atomic E-state index is 0.0415. The molecular weight excluding hydrogens is 338 g/mol. The summed E-state index contributed by atoms with van der Waals surface area (Å²) in [6.07, 6.45) is 4.50. The van der Waals surface area contributed by atoms with Gasteiger partial charge < -0.3 is 14.7 Å². The standard InChI is InChI=1S/C23H27NO3/c1-17(2)23(26,19-7-5-4-6-8-19)20-13-15-24(16-14-20)22(25)18-9-11-21(27-3)12-10-18/h4-13,15,17,20,26H,14,16H2,1-3H3. The molecule has 0 aromatic heterocycles. The lowest BCUT2D eigenvalue weighted by Crippen LogP contribution is -2.43. The molecule has 2 unspecified atom stereocenters. The molecule has 1 aliphatic heterocycles. The van der Waals surface area contributed by atoms with Gasteiger partial charge in [0.05, 0.1) is 12.7 Å². The molecule has 1 amide bonds. The van der Waals surface area contributed by atoms with Crippen LogP contribution in [-0.4, -0.2) is 29.6 Å². The SMILES string of the molecule is COc1ccc(C(=O)N2C=CC(C(O)(c3ccccc3)C(C)C)CC2)cc1. The second-order valence-electron chi connectivity index (χ2n) is 7.31. The van der Waals surface area contributed by atoms with Crippen molar-refractivity contribution in [1.82, 2.24) is 4.90 Å². The molecule has 0 saturated heterocycles. The van der Waals surface area contributed by atoms with Crippen LogP contribution in [0.5, 0.6) is 5.75 Å². The second-order valence-corrected chi connectivity index (χ2v) is 7.31. The smallest absolute Gasteiger partial charge is 0.257 e. The van der Waals surface area contributed by atoms with Crippen molar-refractivity contribution in [3.8, 4) is 5.75 Å². The van der Waals surface area contributed by atoms with Crippen molar-refractivity contribution in [3.63, 3.8) is 0 Å². The number of hydrogen-bond donors (Lipinski definition) is 1. The van der Waals surface area contributed by atoms with Gasteiger partial charge in [-0.2, -0.15) is 0 Å². The van der Waals surface area contributed by atoms with E-state index in [0.29, 0.717) is 18.5 Å². The van der Waals surface area contributed by atoms with Crippen molar-refractivity contribution in [2.75, 3.05) is 13.7 Å². The number of nitrogens with zero attached hydrogens (tertiary/aromatic N) is 1. The van der Waals surface area contributed by atoms with Crippen LogP contribution in [0.4, 0.5) is 0 Å². The van der Waals surface area contributed by atoms with E-state index in [1.165, 1.54) is 0 Å². The minimum Gasteiger partial charge on any atom is -0.497 e. The first-order valence-corrected chi connectivity index (χ1v) is 9.38. The highest BCUT2D eigenvalue weighted by molar-refractivity contribution is 5.95. The molecule has 0 radical (unpaired) electrons. The van der Waals surface area contributed by atoms with E-state index < -0.39 is 5.60 Å². The molecule has 0 bridgehead atoms. The lowest BCUT2D eigenvalue weighted by molar-refractivity contribution is -0.0552. The van der Waals surface area contributed by atoms with E-state index in [4.69, 9.17) is 4.74 Å². The van der Waals surface area contributed by atoms with Gasteiger partial charge in [0, 0.05) is 24.2 Å². The van der Waals surface area contributed by atoms with Gasteiger partial charge in [0.2, 0.25) is 0 Å². The van der Waals surface area contributed by atoms with E-state index in [2.05, 4.69) is 0 Å². The molecule has 2 aromatic rings. The van der Waals surface area contributed by atoms with E-state index in [9.17, 15) is 9.90 Å². The molecular formula is C23H27NO3. The van der Waals surface area contributed by atoms with E-state index in [-0.39, 0.29) is 17.7 Å². The van der Waals surface area contributed by atoms with Crippen LogP contribution in [-0.2, 0) is 5.60 Å². The highest BCUT2D eigenvalue weighted by atomic mass is 16.5. The molecule has 4 nitrogen and oxygen atoms in total.